The van der Waals surface area contributed by atoms with Crippen molar-refractivity contribution in [1.82, 2.24) is 4.90 Å². The third kappa shape index (κ3) is 4.72. The van der Waals surface area contributed by atoms with E-state index in [1.165, 1.54) is 0 Å². The first-order valence-electron chi connectivity index (χ1n) is 5.73. The van der Waals surface area contributed by atoms with Crippen LogP contribution in [0.5, 0.6) is 0 Å². The molecule has 16 heavy (non-hydrogen) atoms. The SMILES string of the molecule is COCCSCC(=O)N1CCC(CO)CC1. The number of likely N-dealkylation sites (tertiary alicyclic amines) is 1. The van der Waals surface area contributed by atoms with E-state index in [4.69, 9.17) is 9.84 Å². The molecule has 1 rings (SSSR count). The highest BCUT2D eigenvalue weighted by molar-refractivity contribution is 7.99. The number of aliphatic hydroxyl groups is 1. The van der Waals surface area contributed by atoms with Crippen LogP contribution in [0, 0.1) is 5.92 Å². The molecule has 1 fully saturated rings. The number of aliphatic hydroxyl groups excluding tert-OH is 1. The first-order chi connectivity index (χ1) is 7.77. The van der Waals surface area contributed by atoms with Gasteiger partial charge in [-0.1, -0.05) is 0 Å². The van der Waals surface area contributed by atoms with Crippen molar-refractivity contribution in [3.8, 4) is 0 Å². The third-order valence-electron chi connectivity index (χ3n) is 2.88. The predicted octanol–water partition coefficient (Wildman–Crippen LogP) is 0.597. The highest BCUT2D eigenvalue weighted by Crippen LogP contribution is 2.17. The van der Waals surface area contributed by atoms with Crippen molar-refractivity contribution in [3.63, 3.8) is 0 Å². The zero-order valence-electron chi connectivity index (χ0n) is 9.85. The average Bonchev–Trinajstić information content (AvgIpc) is 2.34. The van der Waals surface area contributed by atoms with Gasteiger partial charge in [-0.15, -0.1) is 11.8 Å². The molecule has 1 N–H and O–H groups in total. The fourth-order valence-corrected chi connectivity index (χ4v) is 2.54. The van der Waals surface area contributed by atoms with Crippen LogP contribution in [0.1, 0.15) is 12.8 Å². The lowest BCUT2D eigenvalue weighted by Gasteiger charge is -2.31. The van der Waals surface area contributed by atoms with Gasteiger partial charge in [-0.3, -0.25) is 4.79 Å². The van der Waals surface area contributed by atoms with Gasteiger partial charge in [-0.05, 0) is 18.8 Å². The van der Waals surface area contributed by atoms with Gasteiger partial charge in [0.1, 0.15) is 0 Å². The number of rotatable bonds is 6. The lowest BCUT2D eigenvalue weighted by atomic mass is 9.98. The molecule has 1 heterocycles. The van der Waals surface area contributed by atoms with Crippen LogP contribution in [0.15, 0.2) is 0 Å². The van der Waals surface area contributed by atoms with E-state index in [-0.39, 0.29) is 12.5 Å². The molecule has 0 unspecified atom stereocenters. The summed E-state index contributed by atoms with van der Waals surface area (Å²) in [5.74, 6) is 2.03. The van der Waals surface area contributed by atoms with Gasteiger partial charge in [0.05, 0.1) is 12.4 Å². The van der Waals surface area contributed by atoms with E-state index in [1.54, 1.807) is 18.9 Å². The zero-order chi connectivity index (χ0) is 11.8. The van der Waals surface area contributed by atoms with Gasteiger partial charge in [0.25, 0.3) is 0 Å². The Kier molecular flexibility index (Phi) is 6.84. The second-order valence-electron chi connectivity index (χ2n) is 4.05. The lowest BCUT2D eigenvalue weighted by molar-refractivity contribution is -0.129. The lowest BCUT2D eigenvalue weighted by Crippen LogP contribution is -2.40. The normalized spacial score (nSPS) is 17.8. The number of carbonyl (C=O) groups is 1. The number of ether oxygens (including phenoxy) is 1. The minimum Gasteiger partial charge on any atom is -0.396 e. The van der Waals surface area contributed by atoms with Crippen molar-refractivity contribution in [3.05, 3.63) is 0 Å². The number of piperidine rings is 1. The topological polar surface area (TPSA) is 49.8 Å². The summed E-state index contributed by atoms with van der Waals surface area (Å²) in [6.07, 6.45) is 1.87. The van der Waals surface area contributed by atoms with E-state index < -0.39 is 0 Å². The molecule has 0 aromatic rings. The van der Waals surface area contributed by atoms with E-state index in [2.05, 4.69) is 0 Å². The van der Waals surface area contributed by atoms with Crippen molar-refractivity contribution in [2.75, 3.05) is 44.9 Å². The molecular weight excluding hydrogens is 226 g/mol. The van der Waals surface area contributed by atoms with Gasteiger partial charge in [-0.2, -0.15) is 0 Å². The minimum atomic E-state index is 0.220. The summed E-state index contributed by atoms with van der Waals surface area (Å²) in [6, 6.07) is 0. The van der Waals surface area contributed by atoms with E-state index in [1.807, 2.05) is 4.90 Å². The highest BCUT2D eigenvalue weighted by Gasteiger charge is 2.21. The van der Waals surface area contributed by atoms with Crippen LogP contribution in [-0.2, 0) is 9.53 Å². The number of hydrogen-bond donors (Lipinski definition) is 1. The van der Waals surface area contributed by atoms with Gasteiger partial charge < -0.3 is 14.7 Å². The Hall–Kier alpha value is -0.260. The highest BCUT2D eigenvalue weighted by atomic mass is 32.2. The quantitative estimate of drug-likeness (QED) is 0.698. The Morgan fingerprint density at radius 1 is 1.50 bits per heavy atom. The summed E-state index contributed by atoms with van der Waals surface area (Å²) in [5.41, 5.74) is 0. The van der Waals surface area contributed by atoms with Crippen LogP contribution in [0.25, 0.3) is 0 Å². The molecule has 4 nitrogen and oxygen atoms in total. The van der Waals surface area contributed by atoms with Gasteiger partial charge in [0.2, 0.25) is 5.91 Å². The first-order valence-corrected chi connectivity index (χ1v) is 6.88. The second kappa shape index (κ2) is 7.92. The Balaban J connectivity index is 2.13. The molecule has 5 heteroatoms. The molecule has 0 spiro atoms. The molecule has 0 bridgehead atoms. The second-order valence-corrected chi connectivity index (χ2v) is 5.16. The van der Waals surface area contributed by atoms with E-state index in [0.29, 0.717) is 18.3 Å². The maximum Gasteiger partial charge on any atom is 0.232 e. The van der Waals surface area contributed by atoms with Crippen LogP contribution in [0.3, 0.4) is 0 Å². The van der Waals surface area contributed by atoms with Gasteiger partial charge in [0.15, 0.2) is 0 Å². The average molecular weight is 247 g/mol. The number of carbonyl (C=O) groups excluding carboxylic acids is 1. The summed E-state index contributed by atoms with van der Waals surface area (Å²) in [6.45, 7) is 2.55. The van der Waals surface area contributed by atoms with Crippen LogP contribution < -0.4 is 0 Å². The smallest absolute Gasteiger partial charge is 0.232 e. The van der Waals surface area contributed by atoms with Crippen molar-refractivity contribution in [1.29, 1.82) is 0 Å². The van der Waals surface area contributed by atoms with Crippen molar-refractivity contribution >= 4 is 17.7 Å². The van der Waals surface area contributed by atoms with Crippen LogP contribution in [0.2, 0.25) is 0 Å². The van der Waals surface area contributed by atoms with Crippen molar-refractivity contribution < 1.29 is 14.6 Å². The number of thioether (sulfide) groups is 1. The number of nitrogens with zero attached hydrogens (tertiary/aromatic N) is 1. The van der Waals surface area contributed by atoms with Gasteiger partial charge in [0, 0.05) is 32.6 Å². The van der Waals surface area contributed by atoms with E-state index in [9.17, 15) is 4.79 Å². The number of methoxy groups -OCH3 is 1. The minimum absolute atomic E-state index is 0.220. The standard InChI is InChI=1S/C11H21NO3S/c1-15-6-7-16-9-11(14)12-4-2-10(8-13)3-5-12/h10,13H,2-9H2,1H3. The molecule has 0 atom stereocenters. The molecular formula is C11H21NO3S. The fourth-order valence-electron chi connectivity index (χ4n) is 1.76. The number of amides is 1. The van der Waals surface area contributed by atoms with Crippen LogP contribution in [-0.4, -0.2) is 60.8 Å². The molecule has 1 amide bonds. The third-order valence-corrected chi connectivity index (χ3v) is 3.79. The summed E-state index contributed by atoms with van der Waals surface area (Å²) >= 11 is 1.62. The number of hydrogen-bond acceptors (Lipinski definition) is 4. The maximum absolute atomic E-state index is 11.8. The van der Waals surface area contributed by atoms with Crippen molar-refractivity contribution in [2.24, 2.45) is 5.92 Å². The Bertz CT molecular complexity index is 205. The molecule has 94 valence electrons. The molecule has 1 aliphatic heterocycles. The van der Waals surface area contributed by atoms with Crippen LogP contribution in [0.4, 0.5) is 0 Å². The Morgan fingerprint density at radius 3 is 2.75 bits per heavy atom. The van der Waals surface area contributed by atoms with E-state index in [0.717, 1.165) is 31.7 Å². The van der Waals surface area contributed by atoms with Crippen molar-refractivity contribution in [2.45, 2.75) is 12.8 Å². The van der Waals surface area contributed by atoms with E-state index >= 15 is 0 Å². The largest absolute Gasteiger partial charge is 0.396 e. The Labute approximate surface area is 101 Å². The summed E-state index contributed by atoms with van der Waals surface area (Å²) < 4.78 is 4.92. The maximum atomic E-state index is 11.8. The molecule has 0 aromatic heterocycles. The predicted molar refractivity (Wildman–Crippen MR) is 65.6 cm³/mol. The molecule has 0 radical (unpaired) electrons. The van der Waals surface area contributed by atoms with Gasteiger partial charge >= 0.3 is 0 Å². The van der Waals surface area contributed by atoms with Gasteiger partial charge in [-0.25, -0.2) is 0 Å². The molecule has 0 aromatic carbocycles. The summed E-state index contributed by atoms with van der Waals surface area (Å²) in [5, 5.41) is 8.99. The molecule has 1 aliphatic rings. The fraction of sp³-hybridized carbons (Fsp3) is 0.909. The zero-order valence-corrected chi connectivity index (χ0v) is 10.7. The molecule has 0 saturated carbocycles. The summed E-state index contributed by atoms with van der Waals surface area (Å²) in [7, 11) is 1.67. The first kappa shape index (κ1) is 13.8. The van der Waals surface area contributed by atoms with Crippen LogP contribution >= 0.6 is 11.8 Å². The summed E-state index contributed by atoms with van der Waals surface area (Å²) in [4.78, 5) is 13.7. The molecule has 0 aliphatic carbocycles. The monoisotopic (exact) mass is 247 g/mol. The molecule has 1 saturated heterocycles. The Morgan fingerprint density at radius 2 is 2.19 bits per heavy atom.